The predicted octanol–water partition coefficient (Wildman–Crippen LogP) is 4.48. The van der Waals surface area contributed by atoms with Crippen molar-refractivity contribution in [2.24, 2.45) is 0 Å². The molecule has 2 aromatic carbocycles. The van der Waals surface area contributed by atoms with E-state index in [0.29, 0.717) is 5.56 Å². The third-order valence-electron chi connectivity index (χ3n) is 3.06. The van der Waals surface area contributed by atoms with Gasteiger partial charge in [-0.3, -0.25) is 0 Å². The van der Waals surface area contributed by atoms with Gasteiger partial charge in [-0.25, -0.2) is 13.5 Å². The Balaban J connectivity index is 2.13. The van der Waals surface area contributed by atoms with E-state index in [1.807, 2.05) is 48.5 Å². The van der Waals surface area contributed by atoms with Gasteiger partial charge >= 0.3 is 0 Å². The van der Waals surface area contributed by atoms with Crippen molar-refractivity contribution in [2.75, 3.05) is 0 Å². The van der Waals surface area contributed by atoms with E-state index in [2.05, 4.69) is 5.10 Å². The molecule has 0 atom stereocenters. The molecule has 0 fully saturated rings. The first-order valence-corrected chi connectivity index (χ1v) is 6.24. The van der Waals surface area contributed by atoms with Crippen molar-refractivity contribution < 1.29 is 8.78 Å². The molecule has 0 spiro atoms. The number of benzene rings is 2. The van der Waals surface area contributed by atoms with Gasteiger partial charge in [-0.05, 0) is 17.7 Å². The molecule has 0 unspecified atom stereocenters. The Morgan fingerprint density at radius 1 is 0.850 bits per heavy atom. The minimum Gasteiger partial charge on any atom is -0.240 e. The quantitative estimate of drug-likeness (QED) is 0.686. The van der Waals surface area contributed by atoms with E-state index < -0.39 is 6.43 Å². The largest absolute Gasteiger partial charge is 0.282 e. The molecule has 0 saturated carbocycles. The van der Waals surface area contributed by atoms with E-state index in [4.69, 9.17) is 0 Å². The van der Waals surface area contributed by atoms with Crippen LogP contribution < -0.4 is 0 Å². The first-order chi connectivity index (χ1) is 9.75. The second-order valence-electron chi connectivity index (χ2n) is 4.37. The molecule has 4 heteroatoms. The van der Waals surface area contributed by atoms with Gasteiger partial charge < -0.3 is 0 Å². The lowest BCUT2D eigenvalue weighted by molar-refractivity contribution is 0.146. The fourth-order valence-corrected chi connectivity index (χ4v) is 2.10. The third-order valence-corrected chi connectivity index (χ3v) is 3.06. The van der Waals surface area contributed by atoms with E-state index in [1.54, 1.807) is 18.3 Å². The molecule has 100 valence electrons. The van der Waals surface area contributed by atoms with Crippen molar-refractivity contribution in [3.8, 4) is 16.8 Å². The van der Waals surface area contributed by atoms with E-state index in [-0.39, 0.29) is 5.69 Å². The SMILES string of the molecule is FC(F)c1nn(-c2ccccc2)cc1-c1ccccc1. The molecular formula is C16H12F2N2. The van der Waals surface area contributed by atoms with Gasteiger partial charge in [0.25, 0.3) is 6.43 Å². The van der Waals surface area contributed by atoms with Crippen LogP contribution in [0.25, 0.3) is 16.8 Å². The van der Waals surface area contributed by atoms with E-state index in [1.165, 1.54) is 4.68 Å². The molecule has 20 heavy (non-hydrogen) atoms. The highest BCUT2D eigenvalue weighted by Gasteiger charge is 2.19. The minimum atomic E-state index is -2.60. The first kappa shape index (κ1) is 12.5. The van der Waals surface area contributed by atoms with Crippen molar-refractivity contribution in [1.29, 1.82) is 0 Å². The molecule has 0 aliphatic rings. The molecule has 0 N–H and O–H groups in total. The van der Waals surface area contributed by atoms with Crippen molar-refractivity contribution >= 4 is 0 Å². The number of halogens is 2. The topological polar surface area (TPSA) is 17.8 Å². The molecule has 0 aliphatic heterocycles. The Morgan fingerprint density at radius 3 is 2.05 bits per heavy atom. The molecule has 1 aromatic heterocycles. The molecule has 0 aliphatic carbocycles. The summed E-state index contributed by atoms with van der Waals surface area (Å²) < 4.78 is 27.8. The summed E-state index contributed by atoms with van der Waals surface area (Å²) in [5, 5.41) is 4.02. The van der Waals surface area contributed by atoms with Crippen molar-refractivity contribution in [3.63, 3.8) is 0 Å². The van der Waals surface area contributed by atoms with Gasteiger partial charge in [0.1, 0.15) is 5.69 Å². The zero-order chi connectivity index (χ0) is 13.9. The average Bonchev–Trinajstić information content (AvgIpc) is 2.94. The van der Waals surface area contributed by atoms with Gasteiger partial charge in [0, 0.05) is 11.8 Å². The van der Waals surface area contributed by atoms with Crippen LogP contribution in [-0.2, 0) is 0 Å². The molecule has 0 amide bonds. The van der Waals surface area contributed by atoms with Crippen LogP contribution in [-0.4, -0.2) is 9.78 Å². The third kappa shape index (κ3) is 2.32. The van der Waals surface area contributed by atoms with Gasteiger partial charge in [-0.2, -0.15) is 5.10 Å². The highest BCUT2D eigenvalue weighted by Crippen LogP contribution is 2.30. The fraction of sp³-hybridized carbons (Fsp3) is 0.0625. The Bertz CT molecular complexity index is 691. The van der Waals surface area contributed by atoms with Crippen LogP contribution in [0.15, 0.2) is 66.9 Å². The lowest BCUT2D eigenvalue weighted by Crippen LogP contribution is -1.95. The van der Waals surface area contributed by atoms with Crippen LogP contribution in [0.1, 0.15) is 12.1 Å². The molecular weight excluding hydrogens is 258 g/mol. The minimum absolute atomic E-state index is 0.194. The zero-order valence-corrected chi connectivity index (χ0v) is 10.6. The maximum Gasteiger partial charge on any atom is 0.282 e. The van der Waals surface area contributed by atoms with Crippen LogP contribution in [0.4, 0.5) is 8.78 Å². The molecule has 3 aromatic rings. The normalized spacial score (nSPS) is 10.9. The number of hydrogen-bond acceptors (Lipinski definition) is 1. The first-order valence-electron chi connectivity index (χ1n) is 6.24. The Hall–Kier alpha value is -2.49. The molecule has 0 saturated heterocycles. The van der Waals surface area contributed by atoms with Gasteiger partial charge in [0.05, 0.1) is 5.69 Å². The van der Waals surface area contributed by atoms with Gasteiger partial charge in [-0.1, -0.05) is 48.5 Å². The maximum absolute atomic E-state index is 13.2. The van der Waals surface area contributed by atoms with E-state index >= 15 is 0 Å². The van der Waals surface area contributed by atoms with Crippen molar-refractivity contribution in [1.82, 2.24) is 9.78 Å². The highest BCUT2D eigenvalue weighted by molar-refractivity contribution is 5.66. The molecule has 1 heterocycles. The van der Waals surface area contributed by atoms with Crippen molar-refractivity contribution in [2.45, 2.75) is 6.43 Å². The average molecular weight is 270 g/mol. The molecule has 0 radical (unpaired) electrons. The summed E-state index contributed by atoms with van der Waals surface area (Å²) in [7, 11) is 0. The number of hydrogen-bond donors (Lipinski definition) is 0. The Kier molecular flexibility index (Phi) is 3.29. The summed E-state index contributed by atoms with van der Waals surface area (Å²) in [5.74, 6) is 0. The van der Waals surface area contributed by atoms with Crippen LogP contribution >= 0.6 is 0 Å². The molecule has 3 rings (SSSR count). The van der Waals surface area contributed by atoms with Crippen LogP contribution in [0.3, 0.4) is 0 Å². The summed E-state index contributed by atoms with van der Waals surface area (Å²) in [5.41, 5.74) is 1.77. The monoisotopic (exact) mass is 270 g/mol. The number of rotatable bonds is 3. The Labute approximate surface area is 115 Å². The van der Waals surface area contributed by atoms with E-state index in [0.717, 1.165) is 11.3 Å². The number of aromatic nitrogens is 2. The smallest absolute Gasteiger partial charge is 0.240 e. The van der Waals surface area contributed by atoms with E-state index in [9.17, 15) is 8.78 Å². The van der Waals surface area contributed by atoms with Crippen LogP contribution in [0.5, 0.6) is 0 Å². The van der Waals surface area contributed by atoms with Crippen LogP contribution in [0, 0.1) is 0 Å². The fourth-order valence-electron chi connectivity index (χ4n) is 2.10. The zero-order valence-electron chi connectivity index (χ0n) is 10.6. The second-order valence-corrected chi connectivity index (χ2v) is 4.37. The summed E-state index contributed by atoms with van der Waals surface area (Å²) in [6.07, 6.45) is -0.957. The van der Waals surface area contributed by atoms with Crippen LogP contribution in [0.2, 0.25) is 0 Å². The van der Waals surface area contributed by atoms with Crippen molar-refractivity contribution in [3.05, 3.63) is 72.6 Å². The predicted molar refractivity (Wildman–Crippen MR) is 74.0 cm³/mol. The van der Waals surface area contributed by atoms with Gasteiger partial charge in [0.2, 0.25) is 0 Å². The summed E-state index contributed by atoms with van der Waals surface area (Å²) >= 11 is 0. The molecule has 2 nitrogen and oxygen atoms in total. The Morgan fingerprint density at radius 2 is 1.45 bits per heavy atom. The summed E-state index contributed by atoms with van der Waals surface area (Å²) in [6, 6.07) is 18.3. The second kappa shape index (κ2) is 5.25. The maximum atomic E-state index is 13.2. The highest BCUT2D eigenvalue weighted by atomic mass is 19.3. The lowest BCUT2D eigenvalue weighted by Gasteiger charge is -2.00. The molecule has 0 bridgehead atoms. The summed E-state index contributed by atoms with van der Waals surface area (Å²) in [6.45, 7) is 0. The number of alkyl halides is 2. The number of nitrogens with zero attached hydrogens (tertiary/aromatic N) is 2. The number of para-hydroxylation sites is 1. The summed E-state index contributed by atoms with van der Waals surface area (Å²) in [4.78, 5) is 0. The van der Waals surface area contributed by atoms with Gasteiger partial charge in [-0.15, -0.1) is 0 Å². The standard InChI is InChI=1S/C16H12F2N2/c17-16(18)15-14(12-7-3-1-4-8-12)11-20(19-15)13-9-5-2-6-10-13/h1-11,16H. The van der Waals surface area contributed by atoms with Gasteiger partial charge in [0.15, 0.2) is 0 Å². The lowest BCUT2D eigenvalue weighted by atomic mass is 10.1.